The van der Waals surface area contributed by atoms with Gasteiger partial charge in [0.15, 0.2) is 4.93 Å². The van der Waals surface area contributed by atoms with Gasteiger partial charge in [-0.05, 0) is 74.9 Å². The van der Waals surface area contributed by atoms with E-state index in [1.54, 1.807) is 11.8 Å². The standard InChI is InChI=1S/C22H26ClNO2S/c1-22(2)26-20-12-6-16(13-21(20)27-22)19-11-10-18(24(19)14-25)9-5-15-3-7-17(23)8-4-15/h3-4,6-8,12-13,18-19,25H,5,9-11,14H2,1-2H3. The maximum atomic E-state index is 10.1. The Hall–Kier alpha value is -1.20. The van der Waals surface area contributed by atoms with Crippen molar-refractivity contribution in [3.63, 3.8) is 0 Å². The Morgan fingerprint density at radius 3 is 2.70 bits per heavy atom. The van der Waals surface area contributed by atoms with E-state index in [-0.39, 0.29) is 17.7 Å². The van der Waals surface area contributed by atoms with Crippen LogP contribution in [0.25, 0.3) is 0 Å². The summed E-state index contributed by atoms with van der Waals surface area (Å²) >= 11 is 7.75. The first-order chi connectivity index (χ1) is 12.9. The molecular weight excluding hydrogens is 378 g/mol. The second kappa shape index (κ2) is 7.67. The number of hydrogen-bond donors (Lipinski definition) is 1. The highest BCUT2D eigenvalue weighted by atomic mass is 35.5. The average Bonchev–Trinajstić information content (AvgIpc) is 3.18. The van der Waals surface area contributed by atoms with E-state index in [9.17, 15) is 5.11 Å². The molecule has 2 heterocycles. The summed E-state index contributed by atoms with van der Waals surface area (Å²) in [6.07, 6.45) is 4.26. The van der Waals surface area contributed by atoms with Crippen LogP contribution in [0.15, 0.2) is 47.4 Å². The van der Waals surface area contributed by atoms with Crippen molar-refractivity contribution in [3.8, 4) is 5.75 Å². The molecule has 2 unspecified atom stereocenters. The first-order valence-electron chi connectivity index (χ1n) is 9.58. The molecule has 0 saturated carbocycles. The smallest absolute Gasteiger partial charge is 0.153 e. The van der Waals surface area contributed by atoms with Crippen molar-refractivity contribution in [1.29, 1.82) is 0 Å². The van der Waals surface area contributed by atoms with Gasteiger partial charge in [-0.1, -0.05) is 41.6 Å². The Labute approximate surface area is 170 Å². The molecule has 5 heteroatoms. The molecule has 0 aliphatic carbocycles. The topological polar surface area (TPSA) is 32.7 Å². The third-order valence-corrected chi connectivity index (χ3v) is 6.92. The van der Waals surface area contributed by atoms with Crippen LogP contribution < -0.4 is 4.74 Å². The molecule has 4 rings (SSSR count). The summed E-state index contributed by atoms with van der Waals surface area (Å²) < 4.78 is 5.97. The monoisotopic (exact) mass is 403 g/mol. The number of nitrogens with zero attached hydrogens (tertiary/aromatic N) is 1. The lowest BCUT2D eigenvalue weighted by Gasteiger charge is -2.28. The van der Waals surface area contributed by atoms with Gasteiger partial charge in [-0.3, -0.25) is 4.90 Å². The fourth-order valence-corrected chi connectivity index (χ4v) is 5.44. The van der Waals surface area contributed by atoms with Gasteiger partial charge in [0.25, 0.3) is 0 Å². The third-order valence-electron chi connectivity index (χ3n) is 5.55. The Balaban J connectivity index is 1.45. The van der Waals surface area contributed by atoms with E-state index in [4.69, 9.17) is 16.3 Å². The Kier molecular flexibility index (Phi) is 5.43. The van der Waals surface area contributed by atoms with E-state index in [1.807, 2.05) is 12.1 Å². The predicted molar refractivity (Wildman–Crippen MR) is 111 cm³/mol. The van der Waals surface area contributed by atoms with Crippen LogP contribution in [0.5, 0.6) is 5.75 Å². The van der Waals surface area contributed by atoms with Gasteiger partial charge in [0, 0.05) is 17.1 Å². The van der Waals surface area contributed by atoms with Gasteiger partial charge in [-0.25, -0.2) is 0 Å². The predicted octanol–water partition coefficient (Wildman–Crippen LogP) is 5.65. The molecule has 1 saturated heterocycles. The third kappa shape index (κ3) is 4.14. The quantitative estimate of drug-likeness (QED) is 0.699. The lowest BCUT2D eigenvalue weighted by atomic mass is 10.0. The van der Waals surface area contributed by atoms with Crippen LogP contribution in [0, 0.1) is 0 Å². The van der Waals surface area contributed by atoms with Crippen LogP contribution >= 0.6 is 23.4 Å². The van der Waals surface area contributed by atoms with Crippen LogP contribution in [0.1, 0.15) is 50.3 Å². The van der Waals surface area contributed by atoms with E-state index in [0.717, 1.165) is 36.5 Å². The van der Waals surface area contributed by atoms with Gasteiger partial charge in [-0.15, -0.1) is 0 Å². The Morgan fingerprint density at radius 1 is 1.19 bits per heavy atom. The SMILES string of the molecule is CC1(C)Oc2ccc(C3CCC(CCc4ccc(Cl)cc4)N3CO)cc2S1. The number of likely N-dealkylation sites (tertiary alicyclic amines) is 1. The van der Waals surface area contributed by atoms with Gasteiger partial charge < -0.3 is 9.84 Å². The number of thioether (sulfide) groups is 1. The maximum Gasteiger partial charge on any atom is 0.153 e. The summed E-state index contributed by atoms with van der Waals surface area (Å²) in [4.78, 5) is 3.26. The van der Waals surface area contributed by atoms with Crippen molar-refractivity contribution in [3.05, 3.63) is 58.6 Å². The van der Waals surface area contributed by atoms with Gasteiger partial charge in [0.2, 0.25) is 0 Å². The number of aryl methyl sites for hydroxylation is 1. The van der Waals surface area contributed by atoms with Crippen molar-refractivity contribution in [1.82, 2.24) is 4.90 Å². The summed E-state index contributed by atoms with van der Waals surface area (Å²) in [6.45, 7) is 4.29. The highest BCUT2D eigenvalue weighted by Gasteiger charge is 2.36. The first kappa shape index (κ1) is 19.1. The zero-order valence-electron chi connectivity index (χ0n) is 15.8. The van der Waals surface area contributed by atoms with E-state index >= 15 is 0 Å². The van der Waals surface area contributed by atoms with Crippen LogP contribution in [0.3, 0.4) is 0 Å². The molecule has 27 heavy (non-hydrogen) atoms. The molecule has 2 aliphatic heterocycles. The molecule has 2 atom stereocenters. The van der Waals surface area contributed by atoms with Crippen LogP contribution in [-0.4, -0.2) is 27.7 Å². The lowest BCUT2D eigenvalue weighted by molar-refractivity contribution is 0.0596. The summed E-state index contributed by atoms with van der Waals surface area (Å²) in [5, 5.41) is 10.8. The number of rotatable bonds is 5. The van der Waals surface area contributed by atoms with E-state index in [1.165, 1.54) is 16.0 Å². The highest BCUT2D eigenvalue weighted by Crippen LogP contribution is 2.49. The summed E-state index contributed by atoms with van der Waals surface area (Å²) in [6, 6.07) is 15.3. The summed E-state index contributed by atoms with van der Waals surface area (Å²) in [7, 11) is 0. The minimum absolute atomic E-state index is 0.0994. The van der Waals surface area contributed by atoms with Crippen molar-refractivity contribution >= 4 is 23.4 Å². The van der Waals surface area contributed by atoms with Crippen molar-refractivity contribution in [2.75, 3.05) is 6.73 Å². The molecule has 0 amide bonds. The lowest BCUT2D eigenvalue weighted by Crippen LogP contribution is -2.32. The number of ether oxygens (including phenoxy) is 1. The zero-order valence-corrected chi connectivity index (χ0v) is 17.4. The summed E-state index contributed by atoms with van der Waals surface area (Å²) in [5.41, 5.74) is 2.58. The fraction of sp³-hybridized carbons (Fsp3) is 0.455. The molecule has 1 fully saturated rings. The molecule has 1 N–H and O–H groups in total. The minimum Gasteiger partial charge on any atom is -0.476 e. The second-order valence-electron chi connectivity index (χ2n) is 7.88. The number of benzene rings is 2. The summed E-state index contributed by atoms with van der Waals surface area (Å²) in [5.74, 6) is 0.974. The number of aliphatic hydroxyl groups is 1. The fourth-order valence-electron chi connectivity index (χ4n) is 4.25. The van der Waals surface area contributed by atoms with E-state index in [2.05, 4.69) is 49.1 Å². The Bertz CT molecular complexity index is 808. The molecular formula is C22H26ClNO2S. The number of halogens is 1. The zero-order chi connectivity index (χ0) is 19.0. The van der Waals surface area contributed by atoms with Crippen molar-refractivity contribution in [2.45, 2.75) is 61.4 Å². The second-order valence-corrected chi connectivity index (χ2v) is 9.94. The van der Waals surface area contributed by atoms with Crippen LogP contribution in [-0.2, 0) is 6.42 Å². The van der Waals surface area contributed by atoms with Crippen LogP contribution in [0.2, 0.25) is 5.02 Å². The normalized spacial score (nSPS) is 24.0. The van der Waals surface area contributed by atoms with Gasteiger partial charge in [-0.2, -0.15) is 0 Å². The molecule has 3 nitrogen and oxygen atoms in total. The molecule has 2 aromatic carbocycles. The van der Waals surface area contributed by atoms with Crippen LogP contribution in [0.4, 0.5) is 0 Å². The highest BCUT2D eigenvalue weighted by molar-refractivity contribution is 8.00. The largest absolute Gasteiger partial charge is 0.476 e. The molecule has 0 radical (unpaired) electrons. The molecule has 0 spiro atoms. The van der Waals surface area contributed by atoms with Gasteiger partial charge >= 0.3 is 0 Å². The maximum absolute atomic E-state index is 10.1. The van der Waals surface area contributed by atoms with Gasteiger partial charge in [0.1, 0.15) is 5.75 Å². The van der Waals surface area contributed by atoms with Gasteiger partial charge in [0.05, 0.1) is 11.6 Å². The number of fused-ring (bicyclic) bond motifs is 1. The molecule has 0 aromatic heterocycles. The average molecular weight is 404 g/mol. The van der Waals surface area contributed by atoms with E-state index < -0.39 is 0 Å². The number of aliphatic hydroxyl groups excluding tert-OH is 1. The molecule has 2 aliphatic rings. The van der Waals surface area contributed by atoms with Crippen molar-refractivity contribution < 1.29 is 9.84 Å². The van der Waals surface area contributed by atoms with Crippen molar-refractivity contribution in [2.24, 2.45) is 0 Å². The number of hydrogen-bond acceptors (Lipinski definition) is 4. The first-order valence-corrected chi connectivity index (χ1v) is 10.8. The molecule has 144 valence electrons. The molecule has 2 aromatic rings. The molecule has 0 bridgehead atoms. The van der Waals surface area contributed by atoms with E-state index in [0.29, 0.717) is 6.04 Å². The minimum atomic E-state index is -0.200. The Morgan fingerprint density at radius 2 is 1.96 bits per heavy atom.